The number of nitrogens with zero attached hydrogens (tertiary/aromatic N) is 1. The Bertz CT molecular complexity index is 1250. The van der Waals surface area contributed by atoms with E-state index in [1.54, 1.807) is 32.4 Å². The normalized spacial score (nSPS) is 16.3. The summed E-state index contributed by atoms with van der Waals surface area (Å²) in [5, 5.41) is 2.84. The van der Waals surface area contributed by atoms with Gasteiger partial charge in [-0.1, -0.05) is 6.07 Å². The van der Waals surface area contributed by atoms with Crippen molar-refractivity contribution < 1.29 is 27.5 Å². The molecule has 4 rings (SSSR count). The molecule has 1 saturated carbocycles. The molecule has 2 fully saturated rings. The lowest BCUT2D eigenvalue weighted by atomic mass is 9.96. The number of benzene rings is 2. The topological polar surface area (TPSA) is 140 Å². The first-order valence-corrected chi connectivity index (χ1v) is 13.9. The quantitative estimate of drug-likeness (QED) is 0.405. The van der Waals surface area contributed by atoms with Gasteiger partial charge in [0.2, 0.25) is 21.8 Å². The summed E-state index contributed by atoms with van der Waals surface area (Å²) in [4.78, 5) is 25.9. The van der Waals surface area contributed by atoms with Gasteiger partial charge in [0, 0.05) is 37.2 Å². The standard InChI is InChI=1S/C26H34N4O6S/c1-35-22-8-3-17(15-23(22)36-2)9-12-28-37(33,34)24-16-20(29-26(32)19-4-5-19)6-7-21(24)30-13-10-18(11-14-30)25(27)31/h3,6-8,15-16,18-19,28H,4-5,9-14H2,1-2H3,(H2,27,31)(H,29,32). The van der Waals surface area contributed by atoms with E-state index in [0.717, 1.165) is 18.4 Å². The van der Waals surface area contributed by atoms with Crippen LogP contribution in [-0.4, -0.2) is 54.1 Å². The maximum Gasteiger partial charge on any atom is 0.242 e. The molecule has 200 valence electrons. The van der Waals surface area contributed by atoms with E-state index < -0.39 is 10.0 Å². The summed E-state index contributed by atoms with van der Waals surface area (Å²) in [6, 6.07) is 10.4. The summed E-state index contributed by atoms with van der Waals surface area (Å²) in [6.07, 6.45) is 3.25. The molecule has 0 unspecified atom stereocenters. The zero-order chi connectivity index (χ0) is 26.6. The number of anilines is 2. The van der Waals surface area contributed by atoms with E-state index in [1.165, 1.54) is 6.07 Å². The molecule has 0 atom stereocenters. The second-order valence-electron chi connectivity index (χ2n) is 9.45. The predicted octanol–water partition coefficient (Wildman–Crippen LogP) is 2.27. The van der Waals surface area contributed by atoms with Crippen LogP contribution in [0.15, 0.2) is 41.3 Å². The Kier molecular flexibility index (Phi) is 8.23. The van der Waals surface area contributed by atoms with E-state index in [2.05, 4.69) is 10.0 Å². The van der Waals surface area contributed by atoms with Crippen LogP contribution in [0.1, 0.15) is 31.2 Å². The SMILES string of the molecule is COc1ccc(CCNS(=O)(=O)c2cc(NC(=O)C3CC3)ccc2N2CCC(C(N)=O)CC2)cc1OC. The van der Waals surface area contributed by atoms with Crippen molar-refractivity contribution in [1.29, 1.82) is 0 Å². The smallest absolute Gasteiger partial charge is 0.242 e. The largest absolute Gasteiger partial charge is 0.493 e. The van der Waals surface area contributed by atoms with Crippen molar-refractivity contribution >= 4 is 33.2 Å². The molecule has 10 nitrogen and oxygen atoms in total. The summed E-state index contributed by atoms with van der Waals surface area (Å²) in [6.45, 7) is 1.19. The molecule has 11 heteroatoms. The Morgan fingerprint density at radius 2 is 1.68 bits per heavy atom. The third-order valence-electron chi connectivity index (χ3n) is 6.86. The zero-order valence-corrected chi connectivity index (χ0v) is 22.0. The van der Waals surface area contributed by atoms with Gasteiger partial charge in [0.05, 0.1) is 19.9 Å². The summed E-state index contributed by atoms with van der Waals surface area (Å²) in [5.74, 6) is 0.521. The van der Waals surface area contributed by atoms with Gasteiger partial charge in [-0.2, -0.15) is 0 Å². The molecule has 4 N–H and O–H groups in total. The Balaban J connectivity index is 1.53. The number of rotatable bonds is 11. The molecule has 37 heavy (non-hydrogen) atoms. The number of nitrogens with two attached hydrogens (primary N) is 1. The summed E-state index contributed by atoms with van der Waals surface area (Å²) >= 11 is 0. The molecular weight excluding hydrogens is 496 g/mol. The lowest BCUT2D eigenvalue weighted by Crippen LogP contribution is -2.39. The number of carbonyl (C=O) groups is 2. The highest BCUT2D eigenvalue weighted by atomic mass is 32.2. The molecular formula is C26H34N4O6S. The van der Waals surface area contributed by atoms with Crippen LogP contribution in [0.3, 0.4) is 0 Å². The van der Waals surface area contributed by atoms with E-state index in [9.17, 15) is 18.0 Å². The molecule has 0 bridgehead atoms. The Morgan fingerprint density at radius 1 is 0.973 bits per heavy atom. The van der Waals surface area contributed by atoms with Crippen LogP contribution in [0.5, 0.6) is 11.5 Å². The average molecular weight is 531 g/mol. The number of nitrogens with one attached hydrogen (secondary N) is 2. The van der Waals surface area contributed by atoms with Gasteiger partial charge < -0.3 is 25.4 Å². The van der Waals surface area contributed by atoms with Crippen LogP contribution in [0, 0.1) is 11.8 Å². The van der Waals surface area contributed by atoms with Crippen LogP contribution >= 0.6 is 0 Å². The van der Waals surface area contributed by atoms with Gasteiger partial charge in [0.1, 0.15) is 4.90 Å². The number of hydrogen-bond acceptors (Lipinski definition) is 7. The minimum Gasteiger partial charge on any atom is -0.493 e. The molecule has 2 aromatic rings. The highest BCUT2D eigenvalue weighted by molar-refractivity contribution is 7.89. The van der Waals surface area contributed by atoms with Crippen LogP contribution in [0.2, 0.25) is 0 Å². The fraction of sp³-hybridized carbons (Fsp3) is 0.462. The third-order valence-corrected chi connectivity index (χ3v) is 8.35. The van der Waals surface area contributed by atoms with Crippen LogP contribution in [0.4, 0.5) is 11.4 Å². The number of methoxy groups -OCH3 is 2. The fourth-order valence-electron chi connectivity index (χ4n) is 4.51. The molecule has 2 amide bonds. The maximum absolute atomic E-state index is 13.5. The van der Waals surface area contributed by atoms with Gasteiger partial charge in [-0.3, -0.25) is 9.59 Å². The summed E-state index contributed by atoms with van der Waals surface area (Å²) in [7, 11) is -0.817. The minimum absolute atomic E-state index is 0.00725. The van der Waals surface area contributed by atoms with E-state index in [1.807, 2.05) is 17.0 Å². The second-order valence-corrected chi connectivity index (χ2v) is 11.2. The highest BCUT2D eigenvalue weighted by Crippen LogP contribution is 2.34. The van der Waals surface area contributed by atoms with Gasteiger partial charge in [-0.25, -0.2) is 13.1 Å². The van der Waals surface area contributed by atoms with Crippen LogP contribution in [-0.2, 0) is 26.0 Å². The molecule has 1 aliphatic carbocycles. The van der Waals surface area contributed by atoms with Crippen molar-refractivity contribution in [2.45, 2.75) is 37.0 Å². The van der Waals surface area contributed by atoms with Crippen molar-refractivity contribution in [3.8, 4) is 11.5 Å². The van der Waals surface area contributed by atoms with Crippen molar-refractivity contribution in [3.05, 3.63) is 42.0 Å². The monoisotopic (exact) mass is 530 g/mol. The van der Waals surface area contributed by atoms with E-state index in [0.29, 0.717) is 55.2 Å². The first-order chi connectivity index (χ1) is 17.7. The lowest BCUT2D eigenvalue weighted by Gasteiger charge is -2.33. The molecule has 2 aliphatic rings. The van der Waals surface area contributed by atoms with Crippen LogP contribution in [0.25, 0.3) is 0 Å². The van der Waals surface area contributed by atoms with E-state index >= 15 is 0 Å². The van der Waals surface area contributed by atoms with E-state index in [4.69, 9.17) is 15.2 Å². The van der Waals surface area contributed by atoms with Crippen molar-refractivity contribution in [2.24, 2.45) is 17.6 Å². The van der Waals surface area contributed by atoms with Crippen molar-refractivity contribution in [1.82, 2.24) is 4.72 Å². The number of ether oxygens (including phenoxy) is 2. The molecule has 0 radical (unpaired) electrons. The van der Waals surface area contributed by atoms with Gasteiger partial charge >= 0.3 is 0 Å². The summed E-state index contributed by atoms with van der Waals surface area (Å²) < 4.78 is 40.3. The number of hydrogen-bond donors (Lipinski definition) is 3. The Morgan fingerprint density at radius 3 is 2.30 bits per heavy atom. The van der Waals surface area contributed by atoms with Gasteiger partial charge in [0.15, 0.2) is 11.5 Å². The first-order valence-electron chi connectivity index (χ1n) is 12.4. The zero-order valence-electron chi connectivity index (χ0n) is 21.2. The highest BCUT2D eigenvalue weighted by Gasteiger charge is 2.31. The fourth-order valence-corrected chi connectivity index (χ4v) is 5.79. The van der Waals surface area contributed by atoms with Crippen molar-refractivity contribution in [2.75, 3.05) is 44.1 Å². The number of primary amides is 1. The van der Waals surface area contributed by atoms with Gasteiger partial charge in [-0.15, -0.1) is 0 Å². The third kappa shape index (κ3) is 6.53. The molecule has 1 heterocycles. The minimum atomic E-state index is -3.92. The van der Waals surface area contributed by atoms with Gasteiger partial charge in [-0.05, 0) is 68.0 Å². The lowest BCUT2D eigenvalue weighted by molar-refractivity contribution is -0.122. The molecule has 0 aromatic heterocycles. The van der Waals surface area contributed by atoms with Crippen LogP contribution < -0.4 is 30.1 Å². The molecule has 1 saturated heterocycles. The van der Waals surface area contributed by atoms with E-state index in [-0.39, 0.29) is 35.1 Å². The predicted molar refractivity (Wildman–Crippen MR) is 140 cm³/mol. The Hall–Kier alpha value is -3.31. The number of amides is 2. The molecule has 2 aromatic carbocycles. The van der Waals surface area contributed by atoms with Crippen molar-refractivity contribution in [3.63, 3.8) is 0 Å². The number of piperidine rings is 1. The molecule has 0 spiro atoms. The first kappa shape index (κ1) is 26.7. The number of sulfonamides is 1. The summed E-state index contributed by atoms with van der Waals surface area (Å²) in [5.41, 5.74) is 7.32. The maximum atomic E-state index is 13.5. The Labute approximate surface area is 217 Å². The second kappa shape index (κ2) is 11.4. The molecule has 1 aliphatic heterocycles. The number of carbonyl (C=O) groups excluding carboxylic acids is 2. The van der Waals surface area contributed by atoms with Gasteiger partial charge in [0.25, 0.3) is 0 Å². The average Bonchev–Trinajstić information content (AvgIpc) is 3.74.